The van der Waals surface area contributed by atoms with Crippen molar-refractivity contribution in [2.75, 3.05) is 13.1 Å². The summed E-state index contributed by atoms with van der Waals surface area (Å²) in [6.07, 6.45) is 3.74. The summed E-state index contributed by atoms with van der Waals surface area (Å²) in [4.78, 5) is 23.9. The number of fused-ring (bicyclic) bond motifs is 1. The predicted molar refractivity (Wildman–Crippen MR) is 105 cm³/mol. The summed E-state index contributed by atoms with van der Waals surface area (Å²) in [5, 5.41) is 3.07. The first-order valence-corrected chi connectivity index (χ1v) is 8.89. The Morgan fingerprint density at radius 3 is 2.54 bits per heavy atom. The minimum atomic E-state index is -0.111. The monoisotopic (exact) mass is 373 g/mol. The Balaban J connectivity index is 0.00000196. The maximum atomic E-state index is 12.4. The zero-order valence-corrected chi connectivity index (χ0v) is 16.0. The van der Waals surface area contributed by atoms with Crippen LogP contribution in [0.15, 0.2) is 29.1 Å². The molecule has 7 heteroatoms. The van der Waals surface area contributed by atoms with Crippen molar-refractivity contribution in [3.63, 3.8) is 0 Å². The molecular weight excluding hydrogens is 350 g/mol. The van der Waals surface area contributed by atoms with E-state index in [0.29, 0.717) is 11.6 Å². The van der Waals surface area contributed by atoms with Crippen molar-refractivity contribution in [1.29, 1.82) is 0 Å². The molecule has 0 saturated carbocycles. The van der Waals surface area contributed by atoms with E-state index in [0.717, 1.165) is 30.9 Å². The first kappa shape index (κ1) is 18.6. The largest absolute Gasteiger partial charge is 0.298 e. The van der Waals surface area contributed by atoms with Crippen LogP contribution in [0, 0.1) is 13.8 Å². The van der Waals surface area contributed by atoms with Crippen LogP contribution in [0.25, 0.3) is 17.2 Å². The molecule has 2 aromatic heterocycles. The van der Waals surface area contributed by atoms with Crippen molar-refractivity contribution in [2.45, 2.75) is 39.7 Å². The first-order valence-electron chi connectivity index (χ1n) is 8.89. The van der Waals surface area contributed by atoms with Crippen molar-refractivity contribution >= 4 is 18.2 Å². The summed E-state index contributed by atoms with van der Waals surface area (Å²) in [6.45, 7) is 7.03. The maximum Gasteiger partial charge on any atom is 0.274 e. The van der Waals surface area contributed by atoms with E-state index in [1.165, 1.54) is 34.9 Å². The molecule has 1 aliphatic rings. The fourth-order valence-electron chi connectivity index (χ4n) is 3.37. The maximum absolute atomic E-state index is 12.4. The second-order valence-electron chi connectivity index (χ2n) is 6.93. The van der Waals surface area contributed by atoms with E-state index >= 15 is 0 Å². The van der Waals surface area contributed by atoms with Gasteiger partial charge in [-0.3, -0.25) is 14.8 Å². The SMILES string of the molecule is Cc1ccc(-c2nc3nc(CN4CCCCC4)cc(=O)n3[nH]2)cc1C.Cl. The molecule has 1 N–H and O–H groups in total. The number of likely N-dealkylation sites (tertiary alicyclic amines) is 1. The molecule has 1 fully saturated rings. The van der Waals surface area contributed by atoms with Gasteiger partial charge in [0.2, 0.25) is 0 Å². The topological polar surface area (TPSA) is 66.3 Å². The van der Waals surface area contributed by atoms with Gasteiger partial charge < -0.3 is 0 Å². The molecule has 26 heavy (non-hydrogen) atoms. The van der Waals surface area contributed by atoms with Gasteiger partial charge in [0, 0.05) is 18.2 Å². The van der Waals surface area contributed by atoms with Gasteiger partial charge in [-0.05, 0) is 57.0 Å². The average Bonchev–Trinajstić information content (AvgIpc) is 3.03. The van der Waals surface area contributed by atoms with E-state index in [9.17, 15) is 4.79 Å². The van der Waals surface area contributed by atoms with Gasteiger partial charge in [-0.2, -0.15) is 9.50 Å². The number of hydrogen-bond donors (Lipinski definition) is 1. The van der Waals surface area contributed by atoms with E-state index < -0.39 is 0 Å². The standard InChI is InChI=1S/C19H23N5O.ClH/c1-13-6-7-15(10-14(13)2)18-21-19-20-16(11-17(25)24(19)22-18)12-23-8-4-3-5-9-23;/h6-7,10-11H,3-5,8-9,12H2,1-2H3,(H,20,21,22);1H. The molecule has 0 radical (unpaired) electrons. The Hall–Kier alpha value is -2.18. The van der Waals surface area contributed by atoms with E-state index in [4.69, 9.17) is 0 Å². The van der Waals surface area contributed by atoms with Crippen molar-refractivity contribution in [3.8, 4) is 11.4 Å². The molecule has 6 nitrogen and oxygen atoms in total. The summed E-state index contributed by atoms with van der Waals surface area (Å²) in [6, 6.07) is 7.77. The van der Waals surface area contributed by atoms with E-state index in [1.807, 2.05) is 6.07 Å². The van der Waals surface area contributed by atoms with Crippen LogP contribution in [0.2, 0.25) is 0 Å². The van der Waals surface area contributed by atoms with Gasteiger partial charge in [0.15, 0.2) is 5.82 Å². The Labute approximate surface area is 158 Å². The van der Waals surface area contributed by atoms with Crippen LogP contribution >= 0.6 is 12.4 Å². The normalized spacial score (nSPS) is 15.2. The molecule has 3 aromatic rings. The van der Waals surface area contributed by atoms with Crippen molar-refractivity contribution in [2.24, 2.45) is 0 Å². The summed E-state index contributed by atoms with van der Waals surface area (Å²) in [7, 11) is 0. The minimum absolute atomic E-state index is 0. The van der Waals surface area contributed by atoms with Crippen LogP contribution in [0.1, 0.15) is 36.1 Å². The quantitative estimate of drug-likeness (QED) is 0.766. The predicted octanol–water partition coefficient (Wildman–Crippen LogP) is 3.11. The van der Waals surface area contributed by atoms with Crippen molar-refractivity contribution in [3.05, 3.63) is 51.4 Å². The summed E-state index contributed by atoms with van der Waals surface area (Å²) < 4.78 is 1.42. The zero-order chi connectivity index (χ0) is 17.4. The Bertz CT molecular complexity index is 972. The molecule has 0 bridgehead atoms. The van der Waals surface area contributed by atoms with Crippen molar-refractivity contribution < 1.29 is 0 Å². The van der Waals surface area contributed by atoms with Gasteiger partial charge in [-0.25, -0.2) is 4.98 Å². The number of nitrogens with zero attached hydrogens (tertiary/aromatic N) is 4. The van der Waals surface area contributed by atoms with Crippen LogP contribution in [-0.4, -0.2) is 37.6 Å². The smallest absolute Gasteiger partial charge is 0.274 e. The number of benzene rings is 1. The molecule has 0 aliphatic carbocycles. The number of hydrogen-bond acceptors (Lipinski definition) is 4. The zero-order valence-electron chi connectivity index (χ0n) is 15.2. The molecular formula is C19H24ClN5O. The highest BCUT2D eigenvalue weighted by molar-refractivity contribution is 5.85. The number of H-pyrrole nitrogens is 1. The summed E-state index contributed by atoms with van der Waals surface area (Å²) >= 11 is 0. The summed E-state index contributed by atoms with van der Waals surface area (Å²) in [5.41, 5.74) is 4.08. The molecule has 0 amide bonds. The van der Waals surface area contributed by atoms with Crippen molar-refractivity contribution in [1.82, 2.24) is 24.5 Å². The number of halogens is 1. The number of aryl methyl sites for hydroxylation is 2. The van der Waals surface area contributed by atoms with E-state index in [-0.39, 0.29) is 18.0 Å². The minimum Gasteiger partial charge on any atom is -0.298 e. The first-order chi connectivity index (χ1) is 12.1. The number of rotatable bonds is 3. The van der Waals surface area contributed by atoms with Gasteiger partial charge in [-0.15, -0.1) is 12.4 Å². The molecule has 1 saturated heterocycles. The lowest BCUT2D eigenvalue weighted by Crippen LogP contribution is -2.30. The Kier molecular flexibility index (Phi) is 5.44. The van der Waals surface area contributed by atoms with E-state index in [2.05, 4.69) is 45.9 Å². The van der Waals surface area contributed by atoms with Crippen LogP contribution in [0.4, 0.5) is 0 Å². The third-order valence-electron chi connectivity index (χ3n) is 5.00. The van der Waals surface area contributed by atoms with Gasteiger partial charge >= 0.3 is 0 Å². The molecule has 138 valence electrons. The van der Waals surface area contributed by atoms with Gasteiger partial charge in [-0.1, -0.05) is 18.6 Å². The van der Waals surface area contributed by atoms with Crippen LogP contribution in [-0.2, 0) is 6.54 Å². The van der Waals surface area contributed by atoms with Crippen LogP contribution in [0.5, 0.6) is 0 Å². The lowest BCUT2D eigenvalue weighted by molar-refractivity contribution is 0.218. The Morgan fingerprint density at radius 1 is 1.04 bits per heavy atom. The average molecular weight is 374 g/mol. The molecule has 1 aromatic carbocycles. The van der Waals surface area contributed by atoms with Gasteiger partial charge in [0.05, 0.1) is 5.69 Å². The number of aromatic amines is 1. The third-order valence-corrected chi connectivity index (χ3v) is 5.00. The fourth-order valence-corrected chi connectivity index (χ4v) is 3.37. The Morgan fingerprint density at radius 2 is 1.81 bits per heavy atom. The third kappa shape index (κ3) is 3.66. The lowest BCUT2D eigenvalue weighted by Gasteiger charge is -2.25. The van der Waals surface area contributed by atoms with Gasteiger partial charge in [0.1, 0.15) is 0 Å². The number of piperidine rings is 1. The highest BCUT2D eigenvalue weighted by atomic mass is 35.5. The molecule has 4 rings (SSSR count). The lowest BCUT2D eigenvalue weighted by atomic mass is 10.1. The molecule has 0 unspecified atom stereocenters. The molecule has 1 aliphatic heterocycles. The molecule has 0 spiro atoms. The highest BCUT2D eigenvalue weighted by Crippen LogP contribution is 2.19. The van der Waals surface area contributed by atoms with Gasteiger partial charge in [0.25, 0.3) is 11.3 Å². The molecule has 0 atom stereocenters. The number of aromatic nitrogens is 4. The fraction of sp³-hybridized carbons (Fsp3) is 0.421. The van der Waals surface area contributed by atoms with Crippen LogP contribution < -0.4 is 5.56 Å². The number of nitrogens with one attached hydrogen (secondary N) is 1. The summed E-state index contributed by atoms with van der Waals surface area (Å²) in [5.74, 6) is 1.11. The highest BCUT2D eigenvalue weighted by Gasteiger charge is 2.14. The molecule has 3 heterocycles. The second kappa shape index (κ2) is 7.60. The second-order valence-corrected chi connectivity index (χ2v) is 6.93. The van der Waals surface area contributed by atoms with Crippen LogP contribution in [0.3, 0.4) is 0 Å². The van der Waals surface area contributed by atoms with E-state index in [1.54, 1.807) is 6.07 Å².